The molecule has 0 fully saturated rings. The highest BCUT2D eigenvalue weighted by atomic mass is 35.5. The van der Waals surface area contributed by atoms with Crippen molar-refractivity contribution in [3.63, 3.8) is 0 Å². The van der Waals surface area contributed by atoms with E-state index in [-0.39, 0.29) is 0 Å². The fourth-order valence-electron chi connectivity index (χ4n) is 0.857. The van der Waals surface area contributed by atoms with Gasteiger partial charge in [-0.05, 0) is 17.7 Å². The third kappa shape index (κ3) is 2.44. The van der Waals surface area contributed by atoms with Crippen molar-refractivity contribution in [1.82, 2.24) is 0 Å². The molecule has 70 valence electrons. The van der Waals surface area contributed by atoms with Crippen molar-refractivity contribution in [2.45, 2.75) is 6.02 Å². The first-order valence-corrected chi connectivity index (χ1v) is 3.99. The molecule has 0 aliphatic heterocycles. The zero-order chi connectivity index (χ0) is 10.8. The van der Waals surface area contributed by atoms with Crippen molar-refractivity contribution in [2.75, 3.05) is 7.11 Å². The average molecular weight is 201 g/mol. The van der Waals surface area contributed by atoms with Crippen molar-refractivity contribution in [1.29, 1.82) is 0 Å². The lowest BCUT2D eigenvalue weighted by molar-refractivity contribution is -0.142. The van der Waals surface area contributed by atoms with Gasteiger partial charge < -0.3 is 10.5 Å². The van der Waals surface area contributed by atoms with Gasteiger partial charge >= 0.3 is 5.97 Å². The van der Waals surface area contributed by atoms with Crippen LogP contribution in [-0.4, -0.2) is 13.1 Å². The summed E-state index contributed by atoms with van der Waals surface area (Å²) in [5.74, 6) is -0.806. The van der Waals surface area contributed by atoms with E-state index in [9.17, 15) is 4.79 Å². The van der Waals surface area contributed by atoms with E-state index in [2.05, 4.69) is 4.74 Å². The first kappa shape index (κ1) is 8.53. The Morgan fingerprint density at radius 2 is 2.15 bits per heavy atom. The molecule has 0 bridgehead atoms. The molecule has 4 heteroatoms. The number of benzene rings is 1. The van der Waals surface area contributed by atoms with Gasteiger partial charge in [-0.3, -0.25) is 4.79 Å². The maximum atomic E-state index is 11.2. The first-order chi connectivity index (χ1) is 6.48. The SMILES string of the molecule is [2H]C(N)(C(=O)OC)c1ccc(Cl)cc1. The van der Waals surface area contributed by atoms with Gasteiger partial charge in [0, 0.05) is 5.02 Å². The van der Waals surface area contributed by atoms with Crippen LogP contribution in [0.5, 0.6) is 0 Å². The number of nitrogens with two attached hydrogens (primary N) is 1. The molecule has 3 nitrogen and oxygen atoms in total. The molecule has 0 aliphatic rings. The van der Waals surface area contributed by atoms with Crippen LogP contribution in [0.1, 0.15) is 13.0 Å². The second-order valence-corrected chi connectivity index (χ2v) is 2.85. The molecule has 13 heavy (non-hydrogen) atoms. The number of hydrogen-bond acceptors (Lipinski definition) is 3. The van der Waals surface area contributed by atoms with E-state index < -0.39 is 12.0 Å². The molecule has 0 saturated carbocycles. The van der Waals surface area contributed by atoms with Crippen LogP contribution in [0.15, 0.2) is 24.3 Å². The van der Waals surface area contributed by atoms with Crippen molar-refractivity contribution in [3.05, 3.63) is 34.9 Å². The Kier molecular flexibility index (Phi) is 2.79. The highest BCUT2D eigenvalue weighted by molar-refractivity contribution is 6.30. The maximum Gasteiger partial charge on any atom is 0.327 e. The summed E-state index contributed by atoms with van der Waals surface area (Å²) in [6.07, 6.45) is 0. The molecule has 1 unspecified atom stereocenters. The number of hydrogen-bond donors (Lipinski definition) is 1. The molecule has 0 spiro atoms. The quantitative estimate of drug-likeness (QED) is 0.737. The zero-order valence-electron chi connectivity index (χ0n) is 8.08. The molecule has 0 aromatic heterocycles. The van der Waals surface area contributed by atoms with E-state index in [0.717, 1.165) is 0 Å². The van der Waals surface area contributed by atoms with Gasteiger partial charge in [-0.15, -0.1) is 0 Å². The molecule has 1 atom stereocenters. The van der Waals surface area contributed by atoms with Gasteiger partial charge in [0.1, 0.15) is 6.02 Å². The summed E-state index contributed by atoms with van der Waals surface area (Å²) < 4.78 is 12.0. The predicted molar refractivity (Wildman–Crippen MR) is 50.4 cm³/mol. The van der Waals surface area contributed by atoms with Crippen molar-refractivity contribution < 1.29 is 10.9 Å². The molecule has 1 rings (SSSR count). The number of carbonyl (C=O) groups is 1. The van der Waals surface area contributed by atoms with E-state index in [1.54, 1.807) is 12.1 Å². The second kappa shape index (κ2) is 4.25. The number of halogens is 1. The van der Waals surface area contributed by atoms with E-state index >= 15 is 0 Å². The van der Waals surface area contributed by atoms with Crippen LogP contribution in [0.2, 0.25) is 5.02 Å². The van der Waals surface area contributed by atoms with Gasteiger partial charge in [0.15, 0.2) is 0 Å². The van der Waals surface area contributed by atoms with Gasteiger partial charge in [-0.1, -0.05) is 23.7 Å². The summed E-state index contributed by atoms with van der Waals surface area (Å²) in [7, 11) is 1.19. The Morgan fingerprint density at radius 3 is 2.62 bits per heavy atom. The molecule has 0 saturated heterocycles. The monoisotopic (exact) mass is 200 g/mol. The predicted octanol–water partition coefficient (Wildman–Crippen LogP) is 1.51. The minimum Gasteiger partial charge on any atom is -0.468 e. The largest absolute Gasteiger partial charge is 0.468 e. The number of rotatable bonds is 2. The molecule has 1 aromatic carbocycles. The van der Waals surface area contributed by atoms with E-state index in [0.29, 0.717) is 10.6 Å². The molecule has 1 aromatic rings. The highest BCUT2D eigenvalue weighted by Gasteiger charge is 2.15. The Morgan fingerprint density at radius 1 is 1.62 bits per heavy atom. The number of esters is 1. The summed E-state index contributed by atoms with van der Waals surface area (Å²) >= 11 is 5.66. The molecule has 0 aliphatic carbocycles. The molecule has 0 heterocycles. The summed E-state index contributed by atoms with van der Waals surface area (Å²) in [5, 5.41) is 0.523. The fourth-order valence-corrected chi connectivity index (χ4v) is 0.983. The van der Waals surface area contributed by atoms with Gasteiger partial charge in [0.2, 0.25) is 0 Å². The highest BCUT2D eigenvalue weighted by Crippen LogP contribution is 2.15. The maximum absolute atomic E-state index is 11.2. The third-order valence-electron chi connectivity index (χ3n) is 1.56. The third-order valence-corrected chi connectivity index (χ3v) is 1.81. The molecular formula is C9H10ClNO2. The second-order valence-electron chi connectivity index (χ2n) is 2.41. The summed E-state index contributed by atoms with van der Waals surface area (Å²) in [6.45, 7) is 0. The fraction of sp³-hybridized carbons (Fsp3) is 0.222. The number of methoxy groups -OCH3 is 1. The van der Waals surface area contributed by atoms with Crippen molar-refractivity contribution in [2.24, 2.45) is 5.73 Å². The van der Waals surface area contributed by atoms with Crippen molar-refractivity contribution >= 4 is 17.6 Å². The zero-order valence-corrected chi connectivity index (χ0v) is 7.84. The van der Waals surface area contributed by atoms with Gasteiger partial charge in [0.05, 0.1) is 8.48 Å². The summed E-state index contributed by atoms with van der Waals surface area (Å²) in [5.41, 5.74) is 5.83. The Balaban J connectivity index is 3.03. The number of ether oxygens (including phenoxy) is 1. The van der Waals surface area contributed by atoms with Crippen LogP contribution < -0.4 is 5.73 Å². The first-order valence-electron chi connectivity index (χ1n) is 4.12. The van der Waals surface area contributed by atoms with Crippen LogP contribution in [0.4, 0.5) is 0 Å². The Bertz CT molecular complexity index is 337. The lowest BCUT2D eigenvalue weighted by Gasteiger charge is -2.08. The molecule has 0 amide bonds. The van der Waals surface area contributed by atoms with Crippen LogP contribution in [0, 0.1) is 0 Å². The van der Waals surface area contributed by atoms with Crippen LogP contribution in [-0.2, 0) is 9.53 Å². The molecular weight excluding hydrogens is 190 g/mol. The standard InChI is InChI=1S/C9H10ClNO2/c1-13-9(12)8(11)6-2-4-7(10)5-3-6/h2-5,8H,11H2,1H3/i8D. The van der Waals surface area contributed by atoms with Gasteiger partial charge in [-0.25, -0.2) is 0 Å². The van der Waals surface area contributed by atoms with E-state index in [4.69, 9.17) is 18.7 Å². The lowest BCUT2D eigenvalue weighted by Crippen LogP contribution is -2.22. The summed E-state index contributed by atoms with van der Waals surface area (Å²) in [4.78, 5) is 11.2. The molecule has 0 radical (unpaired) electrons. The van der Waals surface area contributed by atoms with Gasteiger partial charge in [0.25, 0.3) is 0 Å². The Hall–Kier alpha value is -1.06. The molecule has 2 N–H and O–H groups in total. The minimum atomic E-state index is -1.88. The minimum absolute atomic E-state index is 0.341. The van der Waals surface area contributed by atoms with Crippen molar-refractivity contribution in [3.8, 4) is 0 Å². The lowest BCUT2D eigenvalue weighted by atomic mass is 10.1. The summed E-state index contributed by atoms with van der Waals surface area (Å²) in [6, 6.07) is 4.30. The normalized spacial score (nSPS) is 15.8. The number of carbonyl (C=O) groups excluding carboxylic acids is 1. The Labute approximate surface area is 82.8 Å². The smallest absolute Gasteiger partial charge is 0.327 e. The average Bonchev–Trinajstić information content (AvgIpc) is 2.17. The van der Waals surface area contributed by atoms with E-state index in [1.165, 1.54) is 19.2 Å². The van der Waals surface area contributed by atoms with Crippen LogP contribution in [0.3, 0.4) is 0 Å². The van der Waals surface area contributed by atoms with Crippen LogP contribution >= 0.6 is 11.6 Å². The van der Waals surface area contributed by atoms with Gasteiger partial charge in [-0.2, -0.15) is 0 Å². The van der Waals surface area contributed by atoms with E-state index in [1.807, 2.05) is 0 Å². The topological polar surface area (TPSA) is 52.3 Å². The van der Waals surface area contributed by atoms with Crippen LogP contribution in [0.25, 0.3) is 0 Å².